The first-order chi connectivity index (χ1) is 11.1. The van der Waals surface area contributed by atoms with Gasteiger partial charge in [-0.3, -0.25) is 0 Å². The van der Waals surface area contributed by atoms with Crippen LogP contribution in [0.1, 0.15) is 35.6 Å². The second-order valence-electron chi connectivity index (χ2n) is 5.99. The van der Waals surface area contributed by atoms with Gasteiger partial charge in [-0.25, -0.2) is 4.79 Å². The maximum atomic E-state index is 12.6. The molecule has 0 spiro atoms. The van der Waals surface area contributed by atoms with Gasteiger partial charge in [-0.05, 0) is 48.6 Å². The zero-order valence-corrected chi connectivity index (χ0v) is 14.0. The molecule has 1 fully saturated rings. The molecule has 1 aliphatic rings. The Labute approximate surface area is 142 Å². The summed E-state index contributed by atoms with van der Waals surface area (Å²) >= 11 is 5.96. The van der Waals surface area contributed by atoms with E-state index in [4.69, 9.17) is 11.6 Å². The predicted octanol–water partition coefficient (Wildman–Crippen LogP) is 4.70. The van der Waals surface area contributed by atoms with Crippen LogP contribution < -0.4 is 5.32 Å². The topological polar surface area (TPSA) is 32.3 Å². The van der Waals surface area contributed by atoms with Crippen molar-refractivity contribution in [3.05, 3.63) is 70.2 Å². The molecule has 120 valence electrons. The van der Waals surface area contributed by atoms with E-state index in [2.05, 4.69) is 24.4 Å². The van der Waals surface area contributed by atoms with E-state index in [-0.39, 0.29) is 12.1 Å². The van der Waals surface area contributed by atoms with Crippen molar-refractivity contribution in [3.8, 4) is 0 Å². The smallest absolute Gasteiger partial charge is 0.318 e. The molecular formula is C19H21ClN2O. The van der Waals surface area contributed by atoms with E-state index in [1.165, 1.54) is 5.56 Å². The van der Waals surface area contributed by atoms with Gasteiger partial charge >= 0.3 is 6.03 Å². The summed E-state index contributed by atoms with van der Waals surface area (Å²) in [4.78, 5) is 14.5. The summed E-state index contributed by atoms with van der Waals surface area (Å²) < 4.78 is 0. The number of hydrogen-bond donors (Lipinski definition) is 1. The van der Waals surface area contributed by atoms with Crippen molar-refractivity contribution >= 4 is 17.6 Å². The van der Waals surface area contributed by atoms with Crippen LogP contribution in [-0.2, 0) is 6.54 Å². The minimum Gasteiger partial charge on any atom is -0.334 e. The molecule has 1 saturated heterocycles. The third-order valence-electron chi connectivity index (χ3n) is 4.46. The zero-order chi connectivity index (χ0) is 16.2. The van der Waals surface area contributed by atoms with Gasteiger partial charge in [0.1, 0.15) is 0 Å². The van der Waals surface area contributed by atoms with Gasteiger partial charge < -0.3 is 10.2 Å². The van der Waals surface area contributed by atoms with Crippen LogP contribution in [0, 0.1) is 6.92 Å². The van der Waals surface area contributed by atoms with Crippen LogP contribution in [0.25, 0.3) is 0 Å². The number of nitrogens with one attached hydrogen (secondary N) is 1. The van der Waals surface area contributed by atoms with Gasteiger partial charge in [-0.2, -0.15) is 0 Å². The Bertz CT molecular complexity index is 684. The molecule has 1 aliphatic heterocycles. The SMILES string of the molecule is Cc1ccccc1CNC(=O)N1CCCC1c1ccc(Cl)cc1. The Balaban J connectivity index is 1.66. The highest BCUT2D eigenvalue weighted by molar-refractivity contribution is 6.30. The summed E-state index contributed by atoms with van der Waals surface area (Å²) in [6.07, 6.45) is 2.03. The Hall–Kier alpha value is -2.00. The molecule has 3 nitrogen and oxygen atoms in total. The Kier molecular flexibility index (Phi) is 4.87. The first kappa shape index (κ1) is 15.9. The quantitative estimate of drug-likeness (QED) is 0.870. The van der Waals surface area contributed by atoms with Crippen LogP contribution in [0.2, 0.25) is 5.02 Å². The van der Waals surface area contributed by atoms with Crippen molar-refractivity contribution in [2.24, 2.45) is 0 Å². The third kappa shape index (κ3) is 3.67. The zero-order valence-electron chi connectivity index (χ0n) is 13.3. The lowest BCUT2D eigenvalue weighted by atomic mass is 10.1. The molecule has 0 saturated carbocycles. The van der Waals surface area contributed by atoms with E-state index in [9.17, 15) is 4.79 Å². The van der Waals surface area contributed by atoms with Gasteiger partial charge in [0.05, 0.1) is 6.04 Å². The lowest BCUT2D eigenvalue weighted by Gasteiger charge is -2.25. The van der Waals surface area contributed by atoms with Crippen LogP contribution >= 0.6 is 11.6 Å². The molecule has 4 heteroatoms. The van der Waals surface area contributed by atoms with Gasteiger partial charge in [-0.1, -0.05) is 48.0 Å². The number of urea groups is 1. The Morgan fingerprint density at radius 2 is 1.96 bits per heavy atom. The molecule has 2 amide bonds. The normalized spacial score (nSPS) is 17.3. The summed E-state index contributed by atoms with van der Waals surface area (Å²) in [5.41, 5.74) is 3.50. The van der Waals surface area contributed by atoms with Crippen molar-refractivity contribution in [2.45, 2.75) is 32.4 Å². The number of rotatable bonds is 3. The summed E-state index contributed by atoms with van der Waals surface area (Å²) in [5.74, 6) is 0. The van der Waals surface area contributed by atoms with Crippen LogP contribution in [0.4, 0.5) is 4.79 Å². The second-order valence-corrected chi connectivity index (χ2v) is 6.42. The molecule has 0 aliphatic carbocycles. The number of likely N-dealkylation sites (tertiary alicyclic amines) is 1. The molecule has 2 aromatic rings. The average molecular weight is 329 g/mol. The number of halogens is 1. The standard InChI is InChI=1S/C19H21ClN2O/c1-14-5-2-3-6-16(14)13-21-19(23)22-12-4-7-18(22)15-8-10-17(20)11-9-15/h2-3,5-6,8-11,18H,4,7,12-13H2,1H3,(H,21,23). The van der Waals surface area contributed by atoms with E-state index in [1.54, 1.807) is 0 Å². The molecule has 3 rings (SSSR count). The fraction of sp³-hybridized carbons (Fsp3) is 0.316. The molecule has 0 radical (unpaired) electrons. The second kappa shape index (κ2) is 7.05. The molecule has 23 heavy (non-hydrogen) atoms. The maximum Gasteiger partial charge on any atom is 0.318 e. The fourth-order valence-electron chi connectivity index (χ4n) is 3.12. The average Bonchev–Trinajstić information content (AvgIpc) is 3.04. The third-order valence-corrected chi connectivity index (χ3v) is 4.71. The van der Waals surface area contributed by atoms with Gasteiger partial charge in [0.2, 0.25) is 0 Å². The Morgan fingerprint density at radius 3 is 2.70 bits per heavy atom. The number of nitrogens with zero attached hydrogens (tertiary/aromatic N) is 1. The molecular weight excluding hydrogens is 308 g/mol. The van der Waals surface area contributed by atoms with Crippen molar-refractivity contribution in [1.29, 1.82) is 0 Å². The Morgan fingerprint density at radius 1 is 1.22 bits per heavy atom. The predicted molar refractivity (Wildman–Crippen MR) is 93.5 cm³/mol. The fourth-order valence-corrected chi connectivity index (χ4v) is 3.25. The molecule has 1 N–H and O–H groups in total. The molecule has 1 heterocycles. The van der Waals surface area contributed by atoms with E-state index in [0.717, 1.165) is 35.5 Å². The summed E-state index contributed by atoms with van der Waals surface area (Å²) in [6, 6.07) is 16.1. The number of hydrogen-bond acceptors (Lipinski definition) is 1. The van der Waals surface area contributed by atoms with Crippen molar-refractivity contribution < 1.29 is 4.79 Å². The largest absolute Gasteiger partial charge is 0.334 e. The first-order valence-electron chi connectivity index (χ1n) is 7.99. The number of carbonyl (C=O) groups is 1. The van der Waals surface area contributed by atoms with Gasteiger partial charge in [0.15, 0.2) is 0 Å². The maximum absolute atomic E-state index is 12.6. The van der Waals surface area contributed by atoms with Crippen LogP contribution in [0.3, 0.4) is 0 Å². The minimum absolute atomic E-state index is 0.00528. The molecule has 0 aromatic heterocycles. The molecule has 1 atom stereocenters. The monoisotopic (exact) mass is 328 g/mol. The highest BCUT2D eigenvalue weighted by Gasteiger charge is 2.29. The lowest BCUT2D eigenvalue weighted by Crippen LogP contribution is -2.39. The van der Waals surface area contributed by atoms with E-state index in [1.807, 2.05) is 41.3 Å². The van der Waals surface area contributed by atoms with E-state index >= 15 is 0 Å². The van der Waals surface area contributed by atoms with Crippen molar-refractivity contribution in [1.82, 2.24) is 10.2 Å². The number of benzene rings is 2. The minimum atomic E-state index is 0.00528. The highest BCUT2D eigenvalue weighted by atomic mass is 35.5. The number of carbonyl (C=O) groups excluding carboxylic acids is 1. The van der Waals surface area contributed by atoms with Gasteiger partial charge in [-0.15, -0.1) is 0 Å². The molecule has 1 unspecified atom stereocenters. The van der Waals surface area contributed by atoms with Gasteiger partial charge in [0.25, 0.3) is 0 Å². The summed E-state index contributed by atoms with van der Waals surface area (Å²) in [7, 11) is 0. The molecule has 0 bridgehead atoms. The van der Waals surface area contributed by atoms with E-state index in [0.29, 0.717) is 6.54 Å². The number of aryl methyl sites for hydroxylation is 1. The summed E-state index contributed by atoms with van der Waals surface area (Å²) in [5, 5.41) is 3.78. The molecule has 2 aromatic carbocycles. The van der Waals surface area contributed by atoms with E-state index < -0.39 is 0 Å². The lowest BCUT2D eigenvalue weighted by molar-refractivity contribution is 0.192. The van der Waals surface area contributed by atoms with Crippen LogP contribution in [0.5, 0.6) is 0 Å². The van der Waals surface area contributed by atoms with Crippen molar-refractivity contribution in [3.63, 3.8) is 0 Å². The van der Waals surface area contributed by atoms with Gasteiger partial charge in [0, 0.05) is 18.1 Å². The number of amides is 2. The van der Waals surface area contributed by atoms with Crippen molar-refractivity contribution in [2.75, 3.05) is 6.54 Å². The van der Waals surface area contributed by atoms with Crippen LogP contribution in [0.15, 0.2) is 48.5 Å². The highest BCUT2D eigenvalue weighted by Crippen LogP contribution is 2.32. The summed E-state index contributed by atoms with van der Waals surface area (Å²) in [6.45, 7) is 3.43. The van der Waals surface area contributed by atoms with Crippen LogP contribution in [-0.4, -0.2) is 17.5 Å². The first-order valence-corrected chi connectivity index (χ1v) is 8.37.